The number of nitrogens with one attached hydrogen (secondary N) is 2. The van der Waals surface area contributed by atoms with Crippen molar-refractivity contribution in [2.45, 2.75) is 6.92 Å². The van der Waals surface area contributed by atoms with E-state index in [-0.39, 0.29) is 30.9 Å². The van der Waals surface area contributed by atoms with Crippen LogP contribution in [-0.2, 0) is 9.59 Å². The van der Waals surface area contributed by atoms with Gasteiger partial charge in [-0.1, -0.05) is 6.92 Å². The van der Waals surface area contributed by atoms with Gasteiger partial charge in [0.2, 0.25) is 5.91 Å². The van der Waals surface area contributed by atoms with Crippen LogP contribution in [0.5, 0.6) is 5.75 Å². The lowest BCUT2D eigenvalue weighted by Gasteiger charge is -2.19. The van der Waals surface area contributed by atoms with E-state index < -0.39 is 0 Å². The Morgan fingerprint density at radius 3 is 3.11 bits per heavy atom. The molecule has 0 radical (unpaired) electrons. The summed E-state index contributed by atoms with van der Waals surface area (Å²) in [4.78, 5) is 22.8. The maximum atomic E-state index is 11.7. The van der Waals surface area contributed by atoms with Gasteiger partial charge in [-0.15, -0.1) is 0 Å². The largest absolute Gasteiger partial charge is 0.482 e. The summed E-state index contributed by atoms with van der Waals surface area (Å²) in [7, 11) is 0. The van der Waals surface area contributed by atoms with Crippen LogP contribution < -0.4 is 21.1 Å². The smallest absolute Gasteiger partial charge is 0.262 e. The van der Waals surface area contributed by atoms with Crippen molar-refractivity contribution in [2.24, 2.45) is 11.7 Å². The minimum atomic E-state index is -0.258. The van der Waals surface area contributed by atoms with Gasteiger partial charge in [-0.05, 0) is 18.2 Å². The second kappa shape index (κ2) is 5.05. The van der Waals surface area contributed by atoms with E-state index in [1.54, 1.807) is 25.1 Å². The van der Waals surface area contributed by atoms with Crippen LogP contribution in [0.3, 0.4) is 0 Å². The summed E-state index contributed by atoms with van der Waals surface area (Å²) in [6.45, 7) is 2.05. The number of amides is 2. The lowest BCUT2D eigenvalue weighted by molar-refractivity contribution is -0.119. The number of rotatable bonds is 3. The zero-order valence-corrected chi connectivity index (χ0v) is 10.0. The first-order chi connectivity index (χ1) is 8.60. The van der Waals surface area contributed by atoms with Crippen molar-refractivity contribution in [3.8, 4) is 5.75 Å². The average Bonchev–Trinajstić information content (AvgIpc) is 2.37. The summed E-state index contributed by atoms with van der Waals surface area (Å²) >= 11 is 0. The highest BCUT2D eigenvalue weighted by Gasteiger charge is 2.17. The number of hydrogen-bond acceptors (Lipinski definition) is 4. The lowest BCUT2D eigenvalue weighted by atomic mass is 10.1. The van der Waals surface area contributed by atoms with Gasteiger partial charge in [-0.25, -0.2) is 0 Å². The Kier molecular flexibility index (Phi) is 3.47. The fourth-order valence-corrected chi connectivity index (χ4v) is 1.53. The van der Waals surface area contributed by atoms with E-state index in [1.807, 2.05) is 0 Å². The van der Waals surface area contributed by atoms with Crippen molar-refractivity contribution in [3.63, 3.8) is 0 Å². The van der Waals surface area contributed by atoms with E-state index >= 15 is 0 Å². The third kappa shape index (κ3) is 2.60. The molecular formula is C12H15N3O3. The van der Waals surface area contributed by atoms with Gasteiger partial charge in [0.1, 0.15) is 5.75 Å². The molecule has 0 spiro atoms. The predicted octanol–water partition coefficient (Wildman–Crippen LogP) is 0.551. The summed E-state index contributed by atoms with van der Waals surface area (Å²) < 4.78 is 5.22. The van der Waals surface area contributed by atoms with Crippen molar-refractivity contribution in [1.29, 1.82) is 0 Å². The minimum absolute atomic E-state index is 0.0168. The third-order valence-electron chi connectivity index (χ3n) is 2.68. The molecule has 1 heterocycles. The van der Waals surface area contributed by atoms with Crippen LogP contribution >= 0.6 is 0 Å². The Morgan fingerprint density at radius 2 is 2.39 bits per heavy atom. The number of nitrogens with two attached hydrogens (primary N) is 1. The monoisotopic (exact) mass is 249 g/mol. The average molecular weight is 249 g/mol. The predicted molar refractivity (Wildman–Crippen MR) is 67.4 cm³/mol. The molecule has 4 N–H and O–H groups in total. The normalized spacial score (nSPS) is 15.1. The fraction of sp³-hybridized carbons (Fsp3) is 0.333. The van der Waals surface area contributed by atoms with Crippen molar-refractivity contribution in [2.75, 3.05) is 23.8 Å². The van der Waals surface area contributed by atoms with Crippen LogP contribution in [0.25, 0.3) is 0 Å². The van der Waals surface area contributed by atoms with Crippen molar-refractivity contribution in [3.05, 3.63) is 18.2 Å². The minimum Gasteiger partial charge on any atom is -0.482 e. The maximum absolute atomic E-state index is 11.7. The Morgan fingerprint density at radius 1 is 1.61 bits per heavy atom. The molecule has 0 aromatic heterocycles. The molecule has 18 heavy (non-hydrogen) atoms. The SMILES string of the molecule is CC(CN)C(=O)Nc1ccc2c(c1)NC(=O)CO2. The number of anilines is 2. The van der Waals surface area contributed by atoms with E-state index in [0.29, 0.717) is 17.1 Å². The molecule has 0 fully saturated rings. The number of carbonyl (C=O) groups excluding carboxylic acids is 2. The second-order valence-corrected chi connectivity index (χ2v) is 4.17. The molecule has 1 unspecified atom stereocenters. The Labute approximate surface area is 104 Å². The Hall–Kier alpha value is -2.08. The van der Waals surface area contributed by atoms with E-state index in [9.17, 15) is 9.59 Å². The van der Waals surface area contributed by atoms with Crippen molar-refractivity contribution >= 4 is 23.2 Å². The highest BCUT2D eigenvalue weighted by Crippen LogP contribution is 2.30. The molecular weight excluding hydrogens is 234 g/mol. The van der Waals surface area contributed by atoms with Gasteiger partial charge >= 0.3 is 0 Å². The van der Waals surface area contributed by atoms with Gasteiger partial charge in [0.05, 0.1) is 5.69 Å². The Bertz CT molecular complexity index is 487. The second-order valence-electron chi connectivity index (χ2n) is 4.17. The summed E-state index contributed by atoms with van der Waals surface area (Å²) in [5, 5.41) is 5.41. The molecule has 6 heteroatoms. The topological polar surface area (TPSA) is 93.5 Å². The summed E-state index contributed by atoms with van der Waals surface area (Å²) in [6, 6.07) is 5.09. The zero-order chi connectivity index (χ0) is 13.1. The lowest BCUT2D eigenvalue weighted by Crippen LogP contribution is -2.27. The summed E-state index contributed by atoms with van der Waals surface area (Å²) in [5.74, 6) is -0.0202. The van der Waals surface area contributed by atoms with Gasteiger partial charge < -0.3 is 21.1 Å². The van der Waals surface area contributed by atoms with E-state index in [4.69, 9.17) is 10.5 Å². The van der Waals surface area contributed by atoms with E-state index in [1.165, 1.54) is 0 Å². The molecule has 1 aliphatic heterocycles. The van der Waals surface area contributed by atoms with Gasteiger partial charge in [0.15, 0.2) is 6.61 Å². The zero-order valence-electron chi connectivity index (χ0n) is 10.0. The summed E-state index contributed by atoms with van der Waals surface area (Å²) in [5.41, 5.74) is 6.58. The van der Waals surface area contributed by atoms with Crippen molar-refractivity contribution < 1.29 is 14.3 Å². The standard InChI is InChI=1S/C12H15N3O3/c1-7(5-13)12(17)14-8-2-3-10-9(4-8)15-11(16)6-18-10/h2-4,7H,5-6,13H2,1H3,(H,14,17)(H,15,16). The molecule has 0 bridgehead atoms. The van der Waals surface area contributed by atoms with Crippen molar-refractivity contribution in [1.82, 2.24) is 0 Å². The van der Waals surface area contributed by atoms with Crippen LogP contribution in [-0.4, -0.2) is 25.0 Å². The number of hydrogen-bond donors (Lipinski definition) is 3. The summed E-state index contributed by atoms with van der Waals surface area (Å²) in [6.07, 6.45) is 0. The molecule has 0 saturated heterocycles. The van der Waals surface area contributed by atoms with Crippen LogP contribution in [0.2, 0.25) is 0 Å². The van der Waals surface area contributed by atoms with Crippen LogP contribution in [0.1, 0.15) is 6.92 Å². The molecule has 1 aromatic rings. The molecule has 6 nitrogen and oxygen atoms in total. The van der Waals surface area contributed by atoms with E-state index in [0.717, 1.165) is 0 Å². The number of benzene rings is 1. The highest BCUT2D eigenvalue weighted by atomic mass is 16.5. The molecule has 1 aromatic carbocycles. The van der Waals surface area contributed by atoms with Gasteiger partial charge in [-0.3, -0.25) is 9.59 Å². The van der Waals surface area contributed by atoms with Crippen LogP contribution in [0.15, 0.2) is 18.2 Å². The first-order valence-corrected chi connectivity index (χ1v) is 5.68. The van der Waals surface area contributed by atoms with Crippen LogP contribution in [0, 0.1) is 5.92 Å². The van der Waals surface area contributed by atoms with Crippen LogP contribution in [0.4, 0.5) is 11.4 Å². The molecule has 0 saturated carbocycles. The highest BCUT2D eigenvalue weighted by molar-refractivity contribution is 5.98. The Balaban J connectivity index is 2.13. The van der Waals surface area contributed by atoms with Gasteiger partial charge in [-0.2, -0.15) is 0 Å². The molecule has 96 valence electrons. The quantitative estimate of drug-likeness (QED) is 0.729. The molecule has 1 atom stereocenters. The first-order valence-electron chi connectivity index (χ1n) is 5.68. The third-order valence-corrected chi connectivity index (χ3v) is 2.68. The first kappa shape index (κ1) is 12.4. The number of fused-ring (bicyclic) bond motifs is 1. The van der Waals surface area contributed by atoms with Gasteiger partial charge in [0.25, 0.3) is 5.91 Å². The molecule has 2 amide bonds. The number of ether oxygens (including phenoxy) is 1. The van der Waals surface area contributed by atoms with Gasteiger partial charge in [0, 0.05) is 18.2 Å². The van der Waals surface area contributed by atoms with E-state index in [2.05, 4.69) is 10.6 Å². The fourth-order valence-electron chi connectivity index (χ4n) is 1.53. The maximum Gasteiger partial charge on any atom is 0.262 e. The molecule has 0 aliphatic carbocycles. The molecule has 2 rings (SSSR count). The number of carbonyl (C=O) groups is 2. The molecule has 1 aliphatic rings.